The van der Waals surface area contributed by atoms with Crippen LogP contribution in [0.5, 0.6) is 0 Å². The van der Waals surface area contributed by atoms with Crippen LogP contribution in [0.4, 0.5) is 5.69 Å². The smallest absolute Gasteiger partial charge is 0.338 e. The lowest BCUT2D eigenvalue weighted by molar-refractivity contribution is -0.384. The number of carbonyl (C=O) groups is 1. The standard InChI is InChI=1S/C27H20ClN3O6S/c1-3-36-26(33)23-15(2)29-27-30(24(23)16-7-5-4-6-8-16)25(32)22(38-27)14-18-10-12-21(37-18)17-9-11-19(28)20(13-17)31(34)35/h4-14,24H,3H2,1-2H3/b22-14-/t24-/m1/s1. The first-order chi connectivity index (χ1) is 18.3. The molecular weight excluding hydrogens is 530 g/mol. The second kappa shape index (κ2) is 10.2. The van der Waals surface area contributed by atoms with Crippen molar-refractivity contribution in [2.45, 2.75) is 19.9 Å². The number of nitrogens with zero attached hydrogens (tertiary/aromatic N) is 3. The summed E-state index contributed by atoms with van der Waals surface area (Å²) >= 11 is 7.09. The van der Waals surface area contributed by atoms with E-state index in [-0.39, 0.29) is 22.9 Å². The number of nitro benzene ring substituents is 1. The first-order valence-corrected chi connectivity index (χ1v) is 12.8. The van der Waals surface area contributed by atoms with Gasteiger partial charge in [0.15, 0.2) is 4.80 Å². The van der Waals surface area contributed by atoms with Gasteiger partial charge < -0.3 is 9.15 Å². The lowest BCUT2D eigenvalue weighted by atomic mass is 9.96. The number of thiazole rings is 1. The number of carbonyl (C=O) groups excluding carboxylic acids is 1. The van der Waals surface area contributed by atoms with Crippen molar-refractivity contribution in [3.8, 4) is 11.3 Å². The van der Waals surface area contributed by atoms with Gasteiger partial charge in [-0.2, -0.15) is 0 Å². The minimum Gasteiger partial charge on any atom is -0.463 e. The summed E-state index contributed by atoms with van der Waals surface area (Å²) in [5.41, 5.74) is 1.44. The number of furan rings is 1. The number of aromatic nitrogens is 1. The van der Waals surface area contributed by atoms with Crippen molar-refractivity contribution in [2.75, 3.05) is 6.61 Å². The Balaban J connectivity index is 1.61. The summed E-state index contributed by atoms with van der Waals surface area (Å²) in [6, 6.07) is 16.3. The molecule has 0 saturated heterocycles. The summed E-state index contributed by atoms with van der Waals surface area (Å²) in [6.07, 6.45) is 1.59. The zero-order chi connectivity index (χ0) is 27.0. The lowest BCUT2D eigenvalue weighted by Gasteiger charge is -2.24. The minimum absolute atomic E-state index is 0.0251. The fourth-order valence-electron chi connectivity index (χ4n) is 4.26. The van der Waals surface area contributed by atoms with Crippen LogP contribution in [-0.4, -0.2) is 22.1 Å². The monoisotopic (exact) mass is 549 g/mol. The number of rotatable bonds is 6. The van der Waals surface area contributed by atoms with Crippen LogP contribution in [-0.2, 0) is 9.53 Å². The van der Waals surface area contributed by atoms with Crippen LogP contribution >= 0.6 is 22.9 Å². The van der Waals surface area contributed by atoms with Gasteiger partial charge in [0.1, 0.15) is 16.5 Å². The second-order valence-corrected chi connectivity index (χ2v) is 9.75. The molecular formula is C27H20ClN3O6S. The predicted octanol–water partition coefficient (Wildman–Crippen LogP) is 4.62. The molecule has 5 rings (SSSR count). The normalized spacial score (nSPS) is 15.2. The number of halogens is 1. The Morgan fingerprint density at radius 1 is 1.24 bits per heavy atom. The summed E-state index contributed by atoms with van der Waals surface area (Å²) in [6.45, 7) is 3.64. The van der Waals surface area contributed by atoms with Crippen LogP contribution in [0.3, 0.4) is 0 Å². The third-order valence-corrected chi connectivity index (χ3v) is 7.26. The first kappa shape index (κ1) is 25.4. The molecule has 4 aromatic rings. The number of hydrogen-bond donors (Lipinski definition) is 0. The first-order valence-electron chi connectivity index (χ1n) is 11.6. The number of nitro groups is 1. The van der Waals surface area contributed by atoms with Crippen LogP contribution in [0.2, 0.25) is 5.02 Å². The molecule has 1 aliphatic heterocycles. The molecule has 38 heavy (non-hydrogen) atoms. The Hall–Kier alpha value is -4.28. The van der Waals surface area contributed by atoms with Gasteiger partial charge in [0.05, 0.1) is 33.4 Å². The topological polar surface area (TPSA) is 117 Å². The van der Waals surface area contributed by atoms with Gasteiger partial charge in [0.25, 0.3) is 11.2 Å². The van der Waals surface area contributed by atoms with Crippen LogP contribution in [0.1, 0.15) is 31.2 Å². The average Bonchev–Trinajstić information content (AvgIpc) is 3.48. The Kier molecular flexibility index (Phi) is 6.83. The van der Waals surface area contributed by atoms with Crippen molar-refractivity contribution >= 4 is 40.7 Å². The zero-order valence-electron chi connectivity index (χ0n) is 20.2. The number of esters is 1. The number of allylic oxidation sites excluding steroid dienone is 1. The molecule has 0 aliphatic carbocycles. The van der Waals surface area contributed by atoms with Crippen molar-refractivity contribution in [2.24, 2.45) is 4.99 Å². The highest BCUT2D eigenvalue weighted by Crippen LogP contribution is 2.32. The Morgan fingerprint density at radius 2 is 2.00 bits per heavy atom. The molecule has 0 amide bonds. The minimum atomic E-state index is -0.699. The maximum absolute atomic E-state index is 13.6. The van der Waals surface area contributed by atoms with Crippen molar-refractivity contribution in [3.05, 3.63) is 118 Å². The van der Waals surface area contributed by atoms with E-state index in [9.17, 15) is 19.7 Å². The molecule has 2 aromatic heterocycles. The van der Waals surface area contributed by atoms with Crippen LogP contribution in [0.15, 0.2) is 86.1 Å². The molecule has 2 aromatic carbocycles. The molecule has 0 spiro atoms. The van der Waals surface area contributed by atoms with Crippen molar-refractivity contribution in [3.63, 3.8) is 0 Å². The van der Waals surface area contributed by atoms with Crippen LogP contribution in [0.25, 0.3) is 17.4 Å². The van der Waals surface area contributed by atoms with E-state index in [4.69, 9.17) is 20.8 Å². The molecule has 0 bridgehead atoms. The van der Waals surface area contributed by atoms with Crippen LogP contribution < -0.4 is 14.9 Å². The largest absolute Gasteiger partial charge is 0.463 e. The fraction of sp³-hybridized carbons (Fsp3) is 0.148. The van der Waals surface area contributed by atoms with E-state index in [1.807, 2.05) is 30.3 Å². The van der Waals surface area contributed by atoms with E-state index in [0.29, 0.717) is 37.7 Å². The number of ether oxygens (including phenoxy) is 1. The average molecular weight is 550 g/mol. The molecule has 0 unspecified atom stereocenters. The summed E-state index contributed by atoms with van der Waals surface area (Å²) in [5, 5.41) is 11.3. The molecule has 0 N–H and O–H groups in total. The van der Waals surface area contributed by atoms with Crippen molar-refractivity contribution in [1.29, 1.82) is 0 Å². The van der Waals surface area contributed by atoms with Gasteiger partial charge in [0, 0.05) is 17.7 Å². The number of hydrogen-bond acceptors (Lipinski definition) is 8. The molecule has 11 heteroatoms. The summed E-state index contributed by atoms with van der Waals surface area (Å²) < 4.78 is 13.0. The summed E-state index contributed by atoms with van der Waals surface area (Å²) in [4.78, 5) is 42.2. The molecule has 192 valence electrons. The van der Waals surface area contributed by atoms with Gasteiger partial charge in [0.2, 0.25) is 0 Å². The van der Waals surface area contributed by atoms with Gasteiger partial charge in [-0.05, 0) is 43.7 Å². The quantitative estimate of drug-likeness (QED) is 0.197. The summed E-state index contributed by atoms with van der Waals surface area (Å²) in [5.74, 6) is 0.233. The van der Waals surface area contributed by atoms with Gasteiger partial charge in [-0.25, -0.2) is 9.79 Å². The third-order valence-electron chi connectivity index (χ3n) is 5.96. The van der Waals surface area contributed by atoms with E-state index >= 15 is 0 Å². The van der Waals surface area contributed by atoms with E-state index in [2.05, 4.69) is 4.99 Å². The molecule has 1 atom stereocenters. The van der Waals surface area contributed by atoms with Gasteiger partial charge in [-0.1, -0.05) is 53.3 Å². The highest BCUT2D eigenvalue weighted by atomic mass is 35.5. The Morgan fingerprint density at radius 3 is 2.71 bits per heavy atom. The molecule has 3 heterocycles. The molecule has 1 aliphatic rings. The van der Waals surface area contributed by atoms with E-state index in [1.165, 1.54) is 28.0 Å². The molecule has 0 saturated carbocycles. The predicted molar refractivity (Wildman–Crippen MR) is 143 cm³/mol. The maximum atomic E-state index is 13.6. The summed E-state index contributed by atoms with van der Waals surface area (Å²) in [7, 11) is 0. The number of fused-ring (bicyclic) bond motifs is 1. The maximum Gasteiger partial charge on any atom is 0.338 e. The Bertz CT molecular complexity index is 1780. The van der Waals surface area contributed by atoms with E-state index in [0.717, 1.165) is 5.56 Å². The highest BCUT2D eigenvalue weighted by molar-refractivity contribution is 7.07. The zero-order valence-corrected chi connectivity index (χ0v) is 21.8. The van der Waals surface area contributed by atoms with Gasteiger partial charge in [-0.3, -0.25) is 19.5 Å². The SMILES string of the molecule is CCOC(=O)C1=C(C)N=c2s/c(=C\c3ccc(-c4ccc(Cl)c([N+](=O)[O-])c4)o3)c(=O)n2[C@@H]1c1ccccc1. The Labute approximate surface area is 224 Å². The van der Waals surface area contributed by atoms with Crippen molar-refractivity contribution < 1.29 is 18.9 Å². The molecule has 0 fully saturated rings. The molecule has 0 radical (unpaired) electrons. The second-order valence-electron chi connectivity index (χ2n) is 8.34. The molecule has 9 nitrogen and oxygen atoms in total. The van der Waals surface area contributed by atoms with E-state index in [1.54, 1.807) is 38.1 Å². The third kappa shape index (κ3) is 4.59. The highest BCUT2D eigenvalue weighted by Gasteiger charge is 2.33. The fourth-order valence-corrected chi connectivity index (χ4v) is 5.48. The van der Waals surface area contributed by atoms with E-state index < -0.39 is 16.9 Å². The lowest BCUT2D eigenvalue weighted by Crippen LogP contribution is -2.39. The van der Waals surface area contributed by atoms with Crippen LogP contribution in [0, 0.1) is 10.1 Å². The number of benzene rings is 2. The van der Waals surface area contributed by atoms with Gasteiger partial charge in [-0.15, -0.1) is 0 Å². The van der Waals surface area contributed by atoms with Gasteiger partial charge >= 0.3 is 5.97 Å². The van der Waals surface area contributed by atoms with Crippen molar-refractivity contribution in [1.82, 2.24) is 4.57 Å².